The molecule has 3 nitrogen and oxygen atoms in total. The fourth-order valence-electron chi connectivity index (χ4n) is 3.45. The number of aliphatic carboxylic acids is 1. The SMILES string of the molecule is C=C(C(=O)O)c1ccc(N(c2ccccc2)c2ccc(C=Cc3ccccc3)cc2)cc1. The maximum atomic E-state index is 11.2. The number of carboxylic acid groups (broad SMARTS) is 1. The normalized spacial score (nSPS) is 10.8. The molecule has 0 spiro atoms. The van der Waals surface area contributed by atoms with Gasteiger partial charge in [-0.25, -0.2) is 4.79 Å². The highest BCUT2D eigenvalue weighted by Gasteiger charge is 2.13. The number of benzene rings is 4. The fraction of sp³-hybridized carbons (Fsp3) is 0. The van der Waals surface area contributed by atoms with Crippen molar-refractivity contribution in [2.45, 2.75) is 0 Å². The van der Waals surface area contributed by atoms with E-state index >= 15 is 0 Å². The number of hydrogen-bond donors (Lipinski definition) is 1. The van der Waals surface area contributed by atoms with E-state index in [1.807, 2.05) is 60.7 Å². The third-order valence-corrected chi connectivity index (χ3v) is 5.17. The average Bonchev–Trinajstić information content (AvgIpc) is 2.85. The van der Waals surface area contributed by atoms with E-state index in [1.54, 1.807) is 12.1 Å². The van der Waals surface area contributed by atoms with Gasteiger partial charge in [0.1, 0.15) is 0 Å². The first-order valence-electron chi connectivity index (χ1n) is 10.3. The summed E-state index contributed by atoms with van der Waals surface area (Å²) >= 11 is 0. The van der Waals surface area contributed by atoms with Crippen LogP contribution < -0.4 is 4.90 Å². The van der Waals surface area contributed by atoms with Crippen molar-refractivity contribution in [3.05, 3.63) is 132 Å². The maximum absolute atomic E-state index is 11.2. The van der Waals surface area contributed by atoms with Gasteiger partial charge in [-0.05, 0) is 53.1 Å². The molecule has 0 unspecified atom stereocenters. The van der Waals surface area contributed by atoms with Gasteiger partial charge in [0.25, 0.3) is 0 Å². The Balaban J connectivity index is 1.65. The predicted octanol–water partition coefficient (Wildman–Crippen LogP) is 7.42. The molecule has 0 fully saturated rings. The number of para-hydroxylation sites is 1. The Bertz CT molecular complexity index is 1230. The summed E-state index contributed by atoms with van der Waals surface area (Å²) in [5.74, 6) is -1.02. The van der Waals surface area contributed by atoms with Crippen molar-refractivity contribution in [1.29, 1.82) is 0 Å². The molecule has 4 aromatic carbocycles. The Morgan fingerprint density at radius 3 is 1.59 bits per heavy atom. The Hall–Kier alpha value is -4.37. The zero-order chi connectivity index (χ0) is 22.3. The van der Waals surface area contributed by atoms with E-state index in [4.69, 9.17) is 0 Å². The van der Waals surface area contributed by atoms with Crippen LogP contribution in [-0.2, 0) is 4.79 Å². The monoisotopic (exact) mass is 417 g/mol. The fourth-order valence-corrected chi connectivity index (χ4v) is 3.45. The summed E-state index contributed by atoms with van der Waals surface area (Å²) in [6.07, 6.45) is 4.19. The second kappa shape index (κ2) is 9.63. The van der Waals surface area contributed by atoms with Gasteiger partial charge in [-0.1, -0.05) is 91.5 Å². The molecule has 0 bridgehead atoms. The molecule has 0 atom stereocenters. The third-order valence-electron chi connectivity index (χ3n) is 5.17. The van der Waals surface area contributed by atoms with Gasteiger partial charge in [0.05, 0.1) is 5.57 Å². The zero-order valence-corrected chi connectivity index (χ0v) is 17.6. The second-order valence-electron chi connectivity index (χ2n) is 7.34. The molecule has 0 radical (unpaired) electrons. The van der Waals surface area contributed by atoms with Gasteiger partial charge >= 0.3 is 5.97 Å². The molecule has 3 heteroatoms. The molecule has 1 N–H and O–H groups in total. The highest BCUT2D eigenvalue weighted by molar-refractivity contribution is 6.14. The van der Waals surface area contributed by atoms with E-state index in [-0.39, 0.29) is 5.57 Å². The molecule has 4 rings (SSSR count). The van der Waals surface area contributed by atoms with Crippen LogP contribution >= 0.6 is 0 Å². The Labute approximate surface area is 188 Å². The number of rotatable bonds is 7. The van der Waals surface area contributed by atoms with Gasteiger partial charge in [-0.3, -0.25) is 0 Å². The summed E-state index contributed by atoms with van der Waals surface area (Å²) in [6, 6.07) is 36.1. The predicted molar refractivity (Wildman–Crippen MR) is 133 cm³/mol. The Kier molecular flexibility index (Phi) is 6.28. The molecule has 32 heavy (non-hydrogen) atoms. The van der Waals surface area contributed by atoms with Crippen LogP contribution in [0.1, 0.15) is 16.7 Å². The number of nitrogens with zero attached hydrogens (tertiary/aromatic N) is 1. The van der Waals surface area contributed by atoms with Crippen LogP contribution in [0.3, 0.4) is 0 Å². The minimum Gasteiger partial charge on any atom is -0.478 e. The number of hydrogen-bond acceptors (Lipinski definition) is 2. The molecule has 0 heterocycles. The van der Waals surface area contributed by atoms with Gasteiger partial charge in [-0.2, -0.15) is 0 Å². The van der Waals surface area contributed by atoms with Gasteiger partial charge in [0, 0.05) is 17.1 Å². The van der Waals surface area contributed by atoms with Crippen molar-refractivity contribution in [1.82, 2.24) is 0 Å². The lowest BCUT2D eigenvalue weighted by atomic mass is 10.1. The van der Waals surface area contributed by atoms with Crippen LogP contribution in [0, 0.1) is 0 Å². The average molecular weight is 418 g/mol. The van der Waals surface area contributed by atoms with Crippen molar-refractivity contribution in [2.75, 3.05) is 4.90 Å². The largest absolute Gasteiger partial charge is 0.478 e. The van der Waals surface area contributed by atoms with Gasteiger partial charge in [0.2, 0.25) is 0 Å². The van der Waals surface area contributed by atoms with Crippen LogP contribution in [0.5, 0.6) is 0 Å². The number of carbonyl (C=O) groups is 1. The van der Waals surface area contributed by atoms with Gasteiger partial charge < -0.3 is 10.0 Å². The lowest BCUT2D eigenvalue weighted by molar-refractivity contribution is -0.130. The molecule has 0 aliphatic heterocycles. The highest BCUT2D eigenvalue weighted by atomic mass is 16.4. The smallest absolute Gasteiger partial charge is 0.335 e. The van der Waals surface area contributed by atoms with Crippen LogP contribution in [0.15, 0.2) is 116 Å². The Morgan fingerprint density at radius 2 is 1.06 bits per heavy atom. The van der Waals surface area contributed by atoms with Crippen LogP contribution in [-0.4, -0.2) is 11.1 Å². The van der Waals surface area contributed by atoms with E-state index < -0.39 is 5.97 Å². The van der Waals surface area contributed by atoms with Crippen LogP contribution in [0.2, 0.25) is 0 Å². The summed E-state index contributed by atoms with van der Waals surface area (Å²) in [6.45, 7) is 3.64. The standard InChI is InChI=1S/C29H23NO2/c1-22(29(31)32)25-16-20-28(21-17-25)30(26-10-6-3-7-11-26)27-18-14-24(15-19-27)13-12-23-8-4-2-5-9-23/h2-21H,1H2,(H,31,32). The van der Waals surface area contributed by atoms with E-state index in [1.165, 1.54) is 0 Å². The summed E-state index contributed by atoms with van der Waals surface area (Å²) in [5, 5.41) is 9.20. The minimum absolute atomic E-state index is 0.0809. The van der Waals surface area contributed by atoms with Crippen molar-refractivity contribution in [3.8, 4) is 0 Å². The quantitative estimate of drug-likeness (QED) is 0.251. The molecule has 0 aromatic heterocycles. The molecule has 0 saturated heterocycles. The van der Waals surface area contributed by atoms with E-state index in [0.717, 1.165) is 28.2 Å². The maximum Gasteiger partial charge on any atom is 0.335 e. The molecule has 0 saturated carbocycles. The Morgan fingerprint density at radius 1 is 0.625 bits per heavy atom. The molecular formula is C29H23NO2. The summed E-state index contributed by atoms with van der Waals surface area (Å²) < 4.78 is 0. The van der Waals surface area contributed by atoms with E-state index in [0.29, 0.717) is 5.56 Å². The molecule has 0 amide bonds. The van der Waals surface area contributed by atoms with E-state index in [9.17, 15) is 9.90 Å². The summed E-state index contributed by atoms with van der Waals surface area (Å²) in [5.41, 5.74) is 5.91. The molecular weight excluding hydrogens is 394 g/mol. The van der Waals surface area contributed by atoms with Crippen molar-refractivity contribution < 1.29 is 9.90 Å². The van der Waals surface area contributed by atoms with Crippen molar-refractivity contribution in [2.24, 2.45) is 0 Å². The lowest BCUT2D eigenvalue weighted by Crippen LogP contribution is -2.10. The summed E-state index contributed by atoms with van der Waals surface area (Å²) in [4.78, 5) is 13.4. The minimum atomic E-state index is -1.02. The van der Waals surface area contributed by atoms with Crippen LogP contribution in [0.25, 0.3) is 17.7 Å². The second-order valence-corrected chi connectivity index (χ2v) is 7.34. The number of carboxylic acids is 1. The highest BCUT2D eigenvalue weighted by Crippen LogP contribution is 2.35. The number of anilines is 3. The van der Waals surface area contributed by atoms with Gasteiger partial charge in [-0.15, -0.1) is 0 Å². The first kappa shape index (κ1) is 20.9. The molecule has 0 aliphatic rings. The van der Waals surface area contributed by atoms with Crippen molar-refractivity contribution >= 4 is 40.8 Å². The lowest BCUT2D eigenvalue weighted by Gasteiger charge is -2.25. The molecule has 4 aromatic rings. The third kappa shape index (κ3) is 4.85. The van der Waals surface area contributed by atoms with E-state index in [2.05, 4.69) is 60.0 Å². The topological polar surface area (TPSA) is 40.5 Å². The first-order chi connectivity index (χ1) is 15.6. The molecule has 0 aliphatic carbocycles. The van der Waals surface area contributed by atoms with Crippen molar-refractivity contribution in [3.63, 3.8) is 0 Å². The van der Waals surface area contributed by atoms with Crippen LogP contribution in [0.4, 0.5) is 17.1 Å². The molecule has 156 valence electrons. The van der Waals surface area contributed by atoms with Gasteiger partial charge in [0.15, 0.2) is 0 Å². The first-order valence-corrected chi connectivity index (χ1v) is 10.3. The zero-order valence-electron chi connectivity index (χ0n) is 17.6. The summed E-state index contributed by atoms with van der Waals surface area (Å²) in [7, 11) is 0.